The van der Waals surface area contributed by atoms with E-state index < -0.39 is 0 Å². The molecule has 3 heterocycles. The molecule has 0 aliphatic carbocycles. The van der Waals surface area contributed by atoms with E-state index in [1.54, 1.807) is 28.5 Å². The van der Waals surface area contributed by atoms with Crippen LogP contribution in [0.15, 0.2) is 48.5 Å². The third-order valence-corrected chi connectivity index (χ3v) is 3.82. The Balaban J connectivity index is 1.89. The van der Waals surface area contributed by atoms with Crippen LogP contribution in [0, 0.1) is 0 Å². The fourth-order valence-corrected chi connectivity index (χ4v) is 2.59. The molecule has 19 heavy (non-hydrogen) atoms. The van der Waals surface area contributed by atoms with Crippen LogP contribution in [0.3, 0.4) is 0 Å². The number of anilines is 1. The van der Waals surface area contributed by atoms with Crippen molar-refractivity contribution >= 4 is 17.0 Å². The molecule has 3 aromatic rings. The van der Waals surface area contributed by atoms with Crippen LogP contribution in [0.25, 0.3) is 5.82 Å². The van der Waals surface area contributed by atoms with Crippen LogP contribution in [-0.2, 0) is 0 Å². The Morgan fingerprint density at radius 1 is 1.32 bits per heavy atom. The summed E-state index contributed by atoms with van der Waals surface area (Å²) < 4.78 is 1.66. The van der Waals surface area contributed by atoms with Gasteiger partial charge in [-0.05, 0) is 30.5 Å². The predicted molar refractivity (Wildman–Crippen MR) is 75.5 cm³/mol. The van der Waals surface area contributed by atoms with Crippen LogP contribution >= 0.6 is 11.3 Å². The largest absolute Gasteiger partial charge is 0.375 e. The Hall–Kier alpha value is -2.21. The van der Waals surface area contributed by atoms with Crippen LogP contribution in [0.1, 0.15) is 17.8 Å². The lowest BCUT2D eigenvalue weighted by molar-refractivity contribution is 0.832. The average Bonchev–Trinajstić information content (AvgIpc) is 3.13. The van der Waals surface area contributed by atoms with Crippen LogP contribution in [-0.4, -0.2) is 19.7 Å². The SMILES string of the molecule is CC(Nc1cccnc1-n1cncn1)c1cccs1. The molecule has 0 aromatic carbocycles. The van der Waals surface area contributed by atoms with Crippen molar-refractivity contribution < 1.29 is 0 Å². The number of pyridine rings is 1. The van der Waals surface area contributed by atoms with Crippen LogP contribution in [0.5, 0.6) is 0 Å². The van der Waals surface area contributed by atoms with Crippen molar-refractivity contribution in [1.29, 1.82) is 0 Å². The Morgan fingerprint density at radius 3 is 3.00 bits per heavy atom. The zero-order valence-electron chi connectivity index (χ0n) is 10.4. The second kappa shape index (κ2) is 5.19. The van der Waals surface area contributed by atoms with E-state index in [0.29, 0.717) is 0 Å². The first-order valence-corrected chi connectivity index (χ1v) is 6.82. The van der Waals surface area contributed by atoms with E-state index in [0.717, 1.165) is 11.5 Å². The first-order valence-electron chi connectivity index (χ1n) is 5.94. The lowest BCUT2D eigenvalue weighted by atomic mass is 10.2. The van der Waals surface area contributed by atoms with Gasteiger partial charge in [0.1, 0.15) is 12.7 Å². The molecule has 0 saturated carbocycles. The molecular weight excluding hydrogens is 258 g/mol. The number of nitrogens with zero attached hydrogens (tertiary/aromatic N) is 4. The van der Waals surface area contributed by atoms with Crippen molar-refractivity contribution in [3.63, 3.8) is 0 Å². The van der Waals surface area contributed by atoms with E-state index in [9.17, 15) is 0 Å². The van der Waals surface area contributed by atoms with Gasteiger partial charge in [0.15, 0.2) is 5.82 Å². The molecule has 0 fully saturated rings. The molecule has 0 bridgehead atoms. The van der Waals surface area contributed by atoms with Gasteiger partial charge in [-0.2, -0.15) is 5.10 Å². The molecular formula is C13H13N5S. The predicted octanol–water partition coefficient (Wildman–Crippen LogP) is 2.90. The molecule has 0 aliphatic rings. The molecule has 0 aliphatic heterocycles. The fraction of sp³-hybridized carbons (Fsp3) is 0.154. The summed E-state index contributed by atoms with van der Waals surface area (Å²) in [6, 6.07) is 8.30. The minimum atomic E-state index is 0.228. The van der Waals surface area contributed by atoms with Gasteiger partial charge in [-0.3, -0.25) is 0 Å². The van der Waals surface area contributed by atoms with E-state index in [-0.39, 0.29) is 6.04 Å². The normalized spacial score (nSPS) is 12.3. The van der Waals surface area contributed by atoms with Crippen LogP contribution in [0.2, 0.25) is 0 Å². The Kier molecular flexibility index (Phi) is 3.24. The van der Waals surface area contributed by atoms with Crippen molar-refractivity contribution in [2.24, 2.45) is 0 Å². The molecule has 6 heteroatoms. The highest BCUT2D eigenvalue weighted by Crippen LogP contribution is 2.25. The minimum Gasteiger partial charge on any atom is -0.375 e. The van der Waals surface area contributed by atoms with Gasteiger partial charge >= 0.3 is 0 Å². The van der Waals surface area contributed by atoms with E-state index in [1.807, 2.05) is 12.1 Å². The van der Waals surface area contributed by atoms with Gasteiger partial charge in [0.2, 0.25) is 0 Å². The Labute approximate surface area is 115 Å². The lowest BCUT2D eigenvalue weighted by Gasteiger charge is -2.15. The van der Waals surface area contributed by atoms with Crippen LogP contribution < -0.4 is 5.32 Å². The number of rotatable bonds is 4. The van der Waals surface area contributed by atoms with Gasteiger partial charge in [0, 0.05) is 11.1 Å². The van der Waals surface area contributed by atoms with Gasteiger partial charge in [0.25, 0.3) is 0 Å². The number of hydrogen-bond donors (Lipinski definition) is 1. The summed E-state index contributed by atoms with van der Waals surface area (Å²) in [5.74, 6) is 0.753. The maximum absolute atomic E-state index is 4.36. The number of hydrogen-bond acceptors (Lipinski definition) is 5. The van der Waals surface area contributed by atoms with Gasteiger partial charge in [-0.1, -0.05) is 6.07 Å². The van der Waals surface area contributed by atoms with Crippen molar-refractivity contribution in [2.45, 2.75) is 13.0 Å². The zero-order valence-corrected chi connectivity index (χ0v) is 11.2. The summed E-state index contributed by atoms with van der Waals surface area (Å²) in [4.78, 5) is 9.60. The molecule has 0 radical (unpaired) electrons. The molecule has 1 unspecified atom stereocenters. The third-order valence-electron chi connectivity index (χ3n) is 2.76. The standard InChI is InChI=1S/C13H13N5S/c1-10(12-5-3-7-19-12)17-11-4-2-6-15-13(11)18-9-14-8-16-18/h2-10,17H,1H3. The average molecular weight is 271 g/mol. The summed E-state index contributed by atoms with van der Waals surface area (Å²) in [5.41, 5.74) is 0.939. The fourth-order valence-electron chi connectivity index (χ4n) is 1.85. The maximum atomic E-state index is 4.36. The molecule has 1 atom stereocenters. The molecule has 5 nitrogen and oxygen atoms in total. The molecule has 96 valence electrons. The molecule has 3 aromatic heterocycles. The maximum Gasteiger partial charge on any atom is 0.178 e. The highest BCUT2D eigenvalue weighted by molar-refractivity contribution is 7.10. The van der Waals surface area contributed by atoms with E-state index in [2.05, 4.69) is 44.8 Å². The zero-order chi connectivity index (χ0) is 13.1. The topological polar surface area (TPSA) is 55.6 Å². The number of nitrogens with one attached hydrogen (secondary N) is 1. The molecule has 3 rings (SSSR count). The summed E-state index contributed by atoms with van der Waals surface area (Å²) in [5, 5.41) is 9.66. The molecule has 0 amide bonds. The Bertz CT molecular complexity index is 633. The summed E-state index contributed by atoms with van der Waals surface area (Å²) in [7, 11) is 0. The highest BCUT2D eigenvalue weighted by Gasteiger charge is 2.11. The van der Waals surface area contributed by atoms with Crippen molar-refractivity contribution in [2.75, 3.05) is 5.32 Å². The molecule has 0 saturated heterocycles. The van der Waals surface area contributed by atoms with Crippen LogP contribution in [0.4, 0.5) is 5.69 Å². The summed E-state index contributed by atoms with van der Waals surface area (Å²) >= 11 is 1.74. The van der Waals surface area contributed by atoms with E-state index >= 15 is 0 Å². The third kappa shape index (κ3) is 2.48. The number of thiophene rings is 1. The Morgan fingerprint density at radius 2 is 2.26 bits per heavy atom. The lowest BCUT2D eigenvalue weighted by Crippen LogP contribution is -2.09. The second-order valence-corrected chi connectivity index (χ2v) is 5.08. The molecule has 1 N–H and O–H groups in total. The second-order valence-electron chi connectivity index (χ2n) is 4.10. The first-order chi connectivity index (χ1) is 9.34. The quantitative estimate of drug-likeness (QED) is 0.792. The van der Waals surface area contributed by atoms with Gasteiger partial charge in [0.05, 0.1) is 11.7 Å². The van der Waals surface area contributed by atoms with Gasteiger partial charge in [-0.25, -0.2) is 14.6 Å². The highest BCUT2D eigenvalue weighted by atomic mass is 32.1. The van der Waals surface area contributed by atoms with E-state index in [1.165, 1.54) is 11.2 Å². The smallest absolute Gasteiger partial charge is 0.178 e. The molecule has 0 spiro atoms. The number of aromatic nitrogens is 4. The monoisotopic (exact) mass is 271 g/mol. The summed E-state index contributed by atoms with van der Waals surface area (Å²) in [6.07, 6.45) is 4.89. The van der Waals surface area contributed by atoms with Crippen molar-refractivity contribution in [3.8, 4) is 5.82 Å². The summed E-state index contributed by atoms with van der Waals surface area (Å²) in [6.45, 7) is 2.13. The van der Waals surface area contributed by atoms with Gasteiger partial charge in [-0.15, -0.1) is 11.3 Å². The van der Waals surface area contributed by atoms with E-state index in [4.69, 9.17) is 0 Å². The van der Waals surface area contributed by atoms with Crippen molar-refractivity contribution in [3.05, 3.63) is 53.4 Å². The van der Waals surface area contributed by atoms with Crippen molar-refractivity contribution in [1.82, 2.24) is 19.7 Å². The first kappa shape index (κ1) is 11.9. The minimum absolute atomic E-state index is 0.228. The van der Waals surface area contributed by atoms with Gasteiger partial charge < -0.3 is 5.32 Å².